The summed E-state index contributed by atoms with van der Waals surface area (Å²) in [5, 5.41) is 3.44. The molecule has 0 radical (unpaired) electrons. The van der Waals surface area contributed by atoms with Gasteiger partial charge in [0.05, 0.1) is 40.6 Å². The molecule has 0 saturated carbocycles. The van der Waals surface area contributed by atoms with Crippen LogP contribution in [-0.2, 0) is 11.2 Å². The zero-order valence-corrected chi connectivity index (χ0v) is 12.6. The van der Waals surface area contributed by atoms with Gasteiger partial charge in [0.1, 0.15) is 0 Å². The Morgan fingerprint density at radius 3 is 2.55 bits per heavy atom. The van der Waals surface area contributed by atoms with E-state index in [1.165, 1.54) is 5.56 Å². The first-order chi connectivity index (χ1) is 9.76. The van der Waals surface area contributed by atoms with Gasteiger partial charge >= 0.3 is 0 Å². The summed E-state index contributed by atoms with van der Waals surface area (Å²) in [6.45, 7) is 4.30. The van der Waals surface area contributed by atoms with Crippen molar-refractivity contribution in [2.45, 2.75) is 19.4 Å². The molecular weight excluding hydrogens is 258 g/mol. The average molecular weight is 281 g/mol. The minimum Gasteiger partial charge on any atom is -0.493 e. The summed E-state index contributed by atoms with van der Waals surface area (Å²) in [6.07, 6.45) is 0.806. The lowest BCUT2D eigenvalue weighted by Crippen LogP contribution is -2.25. The molecule has 1 unspecified atom stereocenters. The van der Waals surface area contributed by atoms with Crippen molar-refractivity contribution >= 4 is 0 Å². The molecule has 0 fully saturated rings. The average Bonchev–Trinajstić information content (AvgIpc) is 2.68. The van der Waals surface area contributed by atoms with Gasteiger partial charge in [-0.1, -0.05) is 6.92 Å². The summed E-state index contributed by atoms with van der Waals surface area (Å²) in [5.41, 5.74) is 2.30. The van der Waals surface area contributed by atoms with E-state index in [-0.39, 0.29) is 6.04 Å². The van der Waals surface area contributed by atoms with Gasteiger partial charge in [-0.15, -0.1) is 0 Å². The number of fused-ring (bicyclic) bond motifs is 1. The van der Waals surface area contributed by atoms with E-state index in [0.717, 1.165) is 24.3 Å². The van der Waals surface area contributed by atoms with Crippen LogP contribution in [0.5, 0.6) is 17.2 Å². The maximum absolute atomic E-state index is 5.69. The predicted molar refractivity (Wildman–Crippen MR) is 77.0 cm³/mol. The second kappa shape index (κ2) is 6.81. The number of hydrogen-bond acceptors (Lipinski definition) is 5. The van der Waals surface area contributed by atoms with E-state index < -0.39 is 0 Å². The van der Waals surface area contributed by atoms with Crippen molar-refractivity contribution in [3.63, 3.8) is 0 Å². The summed E-state index contributed by atoms with van der Waals surface area (Å²) in [6, 6.07) is 2.17. The van der Waals surface area contributed by atoms with Crippen molar-refractivity contribution < 1.29 is 18.9 Å². The lowest BCUT2D eigenvalue weighted by atomic mass is 9.97. The maximum Gasteiger partial charge on any atom is 0.203 e. The SMILES string of the molecule is CCNC1COCCc2c1cc(OC)c(OC)c2OC. The molecule has 1 aliphatic rings. The van der Waals surface area contributed by atoms with Crippen LogP contribution in [0.2, 0.25) is 0 Å². The van der Waals surface area contributed by atoms with Crippen LogP contribution in [0.3, 0.4) is 0 Å². The van der Waals surface area contributed by atoms with Crippen LogP contribution < -0.4 is 19.5 Å². The van der Waals surface area contributed by atoms with Crippen molar-refractivity contribution in [1.82, 2.24) is 5.32 Å². The van der Waals surface area contributed by atoms with Crippen molar-refractivity contribution in [1.29, 1.82) is 0 Å². The van der Waals surface area contributed by atoms with Gasteiger partial charge in [0.25, 0.3) is 0 Å². The van der Waals surface area contributed by atoms with Crippen molar-refractivity contribution in [2.24, 2.45) is 0 Å². The zero-order valence-electron chi connectivity index (χ0n) is 12.6. The summed E-state index contributed by atoms with van der Waals surface area (Å²) in [4.78, 5) is 0. The molecule has 1 N–H and O–H groups in total. The summed E-state index contributed by atoms with van der Waals surface area (Å²) >= 11 is 0. The summed E-state index contributed by atoms with van der Waals surface area (Å²) in [7, 11) is 4.92. The molecule has 0 saturated heterocycles. The molecule has 0 amide bonds. The van der Waals surface area contributed by atoms with E-state index in [1.807, 2.05) is 6.07 Å². The number of benzene rings is 1. The van der Waals surface area contributed by atoms with Crippen molar-refractivity contribution in [3.05, 3.63) is 17.2 Å². The molecule has 1 atom stereocenters. The Morgan fingerprint density at radius 1 is 1.20 bits per heavy atom. The van der Waals surface area contributed by atoms with E-state index in [9.17, 15) is 0 Å². The van der Waals surface area contributed by atoms with Gasteiger partial charge in [0.15, 0.2) is 11.5 Å². The largest absolute Gasteiger partial charge is 0.493 e. The molecule has 0 spiro atoms. The molecule has 5 heteroatoms. The smallest absolute Gasteiger partial charge is 0.203 e. The lowest BCUT2D eigenvalue weighted by molar-refractivity contribution is 0.122. The first kappa shape index (κ1) is 14.9. The molecule has 5 nitrogen and oxygen atoms in total. The third-order valence-electron chi connectivity index (χ3n) is 3.57. The first-order valence-corrected chi connectivity index (χ1v) is 6.89. The van der Waals surface area contributed by atoms with Crippen LogP contribution in [0.1, 0.15) is 24.1 Å². The van der Waals surface area contributed by atoms with Crippen LogP contribution in [0.25, 0.3) is 0 Å². The van der Waals surface area contributed by atoms with Gasteiger partial charge in [-0.3, -0.25) is 0 Å². The molecule has 112 valence electrons. The number of nitrogens with one attached hydrogen (secondary N) is 1. The lowest BCUT2D eigenvalue weighted by Gasteiger charge is -2.22. The molecule has 20 heavy (non-hydrogen) atoms. The molecular formula is C15H23NO4. The van der Waals surface area contributed by atoms with E-state index in [0.29, 0.717) is 24.7 Å². The standard InChI is InChI=1S/C15H23NO4/c1-5-16-12-9-20-7-6-10-11(12)8-13(17-2)15(19-4)14(10)18-3/h8,12,16H,5-7,9H2,1-4H3. The van der Waals surface area contributed by atoms with Gasteiger partial charge in [0, 0.05) is 5.56 Å². The van der Waals surface area contributed by atoms with E-state index in [4.69, 9.17) is 18.9 Å². The molecule has 2 rings (SSSR count). The Morgan fingerprint density at radius 2 is 1.95 bits per heavy atom. The summed E-state index contributed by atoms with van der Waals surface area (Å²) < 4.78 is 22.1. The van der Waals surface area contributed by atoms with E-state index in [1.54, 1.807) is 21.3 Å². The molecule has 0 aromatic heterocycles. The first-order valence-electron chi connectivity index (χ1n) is 6.89. The highest BCUT2D eigenvalue weighted by Crippen LogP contribution is 2.44. The highest BCUT2D eigenvalue weighted by Gasteiger charge is 2.26. The fourth-order valence-corrected chi connectivity index (χ4v) is 2.68. The van der Waals surface area contributed by atoms with Crippen LogP contribution in [0.4, 0.5) is 0 Å². The molecule has 0 bridgehead atoms. The quantitative estimate of drug-likeness (QED) is 0.894. The van der Waals surface area contributed by atoms with E-state index >= 15 is 0 Å². The van der Waals surface area contributed by atoms with Crippen LogP contribution in [-0.4, -0.2) is 41.1 Å². The Kier molecular flexibility index (Phi) is 5.09. The van der Waals surface area contributed by atoms with Crippen molar-refractivity contribution in [2.75, 3.05) is 41.1 Å². The number of methoxy groups -OCH3 is 3. The minimum absolute atomic E-state index is 0.145. The van der Waals surface area contributed by atoms with Gasteiger partial charge < -0.3 is 24.3 Å². The van der Waals surface area contributed by atoms with Crippen LogP contribution >= 0.6 is 0 Å². The minimum atomic E-state index is 0.145. The highest BCUT2D eigenvalue weighted by atomic mass is 16.5. The maximum atomic E-state index is 5.69. The Bertz CT molecular complexity index is 462. The second-order valence-electron chi connectivity index (χ2n) is 4.65. The Labute approximate surface area is 120 Å². The van der Waals surface area contributed by atoms with Crippen LogP contribution in [0, 0.1) is 0 Å². The Balaban J connectivity index is 2.59. The Hall–Kier alpha value is -1.46. The van der Waals surface area contributed by atoms with Gasteiger partial charge in [-0.25, -0.2) is 0 Å². The molecule has 0 aliphatic carbocycles. The zero-order chi connectivity index (χ0) is 14.5. The number of rotatable bonds is 5. The number of ether oxygens (including phenoxy) is 4. The van der Waals surface area contributed by atoms with E-state index in [2.05, 4.69) is 12.2 Å². The number of likely N-dealkylation sites (N-methyl/N-ethyl adjacent to an activating group) is 1. The molecule has 1 heterocycles. The number of hydrogen-bond donors (Lipinski definition) is 1. The van der Waals surface area contributed by atoms with Gasteiger partial charge in [-0.05, 0) is 24.6 Å². The molecule has 1 aromatic rings. The summed E-state index contributed by atoms with van der Waals surface area (Å²) in [5.74, 6) is 2.08. The fourth-order valence-electron chi connectivity index (χ4n) is 2.68. The monoisotopic (exact) mass is 281 g/mol. The molecule has 1 aliphatic heterocycles. The third kappa shape index (κ3) is 2.69. The van der Waals surface area contributed by atoms with Gasteiger partial charge in [-0.2, -0.15) is 0 Å². The fraction of sp³-hybridized carbons (Fsp3) is 0.600. The predicted octanol–water partition coefficient (Wildman–Crippen LogP) is 1.94. The van der Waals surface area contributed by atoms with Gasteiger partial charge in [0.2, 0.25) is 5.75 Å². The highest BCUT2D eigenvalue weighted by molar-refractivity contribution is 5.60. The van der Waals surface area contributed by atoms with Crippen LogP contribution in [0.15, 0.2) is 6.07 Å². The second-order valence-corrected chi connectivity index (χ2v) is 4.65. The van der Waals surface area contributed by atoms with Crippen molar-refractivity contribution in [3.8, 4) is 17.2 Å². The third-order valence-corrected chi connectivity index (χ3v) is 3.57. The topological polar surface area (TPSA) is 49.0 Å². The molecule has 1 aromatic carbocycles. The normalized spacial score (nSPS) is 18.1.